The lowest BCUT2D eigenvalue weighted by Gasteiger charge is -2.40. The van der Waals surface area contributed by atoms with Crippen LogP contribution in [0.25, 0.3) is 0 Å². The number of piperidine rings is 2. The first kappa shape index (κ1) is 34.8. The van der Waals surface area contributed by atoms with Gasteiger partial charge in [0.25, 0.3) is 0 Å². The van der Waals surface area contributed by atoms with E-state index in [4.69, 9.17) is 4.74 Å². The van der Waals surface area contributed by atoms with Crippen molar-refractivity contribution in [2.24, 2.45) is 0 Å². The summed E-state index contributed by atoms with van der Waals surface area (Å²) in [6, 6.07) is 18.8. The minimum Gasteiger partial charge on any atom is -0.512 e. The van der Waals surface area contributed by atoms with Crippen molar-refractivity contribution in [3.05, 3.63) is 95.5 Å². The maximum absolute atomic E-state index is 13.1. The largest absolute Gasteiger partial charge is 0.512 e. The van der Waals surface area contributed by atoms with Gasteiger partial charge in [-0.2, -0.15) is 0 Å². The van der Waals surface area contributed by atoms with Crippen LogP contribution >= 0.6 is 0 Å². The summed E-state index contributed by atoms with van der Waals surface area (Å²) in [6.07, 6.45) is 12.7. The lowest BCUT2D eigenvalue weighted by molar-refractivity contribution is -0.157. The molecule has 0 bridgehead atoms. The number of methoxy groups -OCH3 is 1. The van der Waals surface area contributed by atoms with Gasteiger partial charge < -0.3 is 24.7 Å². The lowest BCUT2D eigenvalue weighted by Crippen LogP contribution is -2.53. The molecule has 2 aromatic carbocycles. The summed E-state index contributed by atoms with van der Waals surface area (Å²) in [6.45, 7) is 0.635. The molecule has 2 N–H and O–H groups in total. The summed E-state index contributed by atoms with van der Waals surface area (Å²) < 4.78 is 5.15. The van der Waals surface area contributed by atoms with E-state index in [-0.39, 0.29) is 29.7 Å². The van der Waals surface area contributed by atoms with Gasteiger partial charge in [0.15, 0.2) is 0 Å². The highest BCUT2D eigenvalue weighted by atomic mass is 16.5. The van der Waals surface area contributed by atoms with Gasteiger partial charge in [0, 0.05) is 44.3 Å². The van der Waals surface area contributed by atoms with Crippen LogP contribution in [0.2, 0.25) is 0 Å². The number of nitrogens with zero attached hydrogens (tertiary/aromatic N) is 2. The Kier molecular flexibility index (Phi) is 13.7. The van der Waals surface area contributed by atoms with Crippen molar-refractivity contribution in [1.82, 2.24) is 9.80 Å². The van der Waals surface area contributed by atoms with Crippen LogP contribution in [0.1, 0.15) is 88.2 Å². The normalized spacial score (nSPS) is 20.1. The van der Waals surface area contributed by atoms with Crippen LogP contribution in [-0.4, -0.2) is 69.6 Å². The third kappa shape index (κ3) is 10.5. The van der Waals surface area contributed by atoms with E-state index in [1.54, 1.807) is 11.0 Å². The summed E-state index contributed by atoms with van der Waals surface area (Å²) in [4.78, 5) is 42.6. The third-order valence-corrected chi connectivity index (χ3v) is 9.19. The van der Waals surface area contributed by atoms with Crippen molar-refractivity contribution in [3.63, 3.8) is 0 Å². The molecule has 0 spiro atoms. The zero-order valence-corrected chi connectivity index (χ0v) is 27.2. The fraction of sp³-hybridized carbons (Fsp3) is 0.500. The molecule has 2 heterocycles. The number of likely N-dealkylation sites (tertiary alicyclic amines) is 2. The standard InChI is InChI=1S/C38H50N2O6/c1-46-38(45)35(40-32(18-12-21-37(40)44)23-25-34(42)28-30-15-7-3-8-16-30)19-9-4-10-26-39-31(17-11-20-36(39)43)22-24-33(41)27-29-13-5-2-6-14-29/h2-3,5-8,13-16,24-25,31-32,35,41-42H,4,9-12,17-23,26-28H2,1H3/b33-24-,34-25-. The first-order chi connectivity index (χ1) is 22.4. The third-order valence-electron chi connectivity index (χ3n) is 9.19. The van der Waals surface area contributed by atoms with E-state index in [2.05, 4.69) is 0 Å². The Labute approximate surface area is 273 Å². The molecule has 46 heavy (non-hydrogen) atoms. The minimum atomic E-state index is -0.672. The van der Waals surface area contributed by atoms with Gasteiger partial charge in [-0.15, -0.1) is 0 Å². The molecule has 2 fully saturated rings. The number of carbonyl (C=O) groups is 3. The Morgan fingerprint density at radius 2 is 1.35 bits per heavy atom. The first-order valence-electron chi connectivity index (χ1n) is 16.9. The average Bonchev–Trinajstić information content (AvgIpc) is 3.06. The van der Waals surface area contributed by atoms with Crippen molar-refractivity contribution < 1.29 is 29.3 Å². The average molecular weight is 631 g/mol. The molecule has 0 saturated carbocycles. The number of aliphatic hydroxyl groups is 2. The number of esters is 1. The maximum Gasteiger partial charge on any atom is 0.328 e. The number of carbonyl (C=O) groups excluding carboxylic acids is 3. The topological polar surface area (TPSA) is 107 Å². The molecule has 2 aromatic rings. The molecule has 248 valence electrons. The molecule has 0 aliphatic carbocycles. The number of benzene rings is 2. The lowest BCUT2D eigenvalue weighted by atomic mass is 9.94. The number of hydrogen-bond donors (Lipinski definition) is 2. The van der Waals surface area contributed by atoms with E-state index in [0.717, 1.165) is 56.1 Å². The highest BCUT2D eigenvalue weighted by molar-refractivity contribution is 5.85. The van der Waals surface area contributed by atoms with E-state index in [0.29, 0.717) is 57.2 Å². The molecule has 3 unspecified atom stereocenters. The van der Waals surface area contributed by atoms with Gasteiger partial charge in [0.1, 0.15) is 6.04 Å². The molecule has 2 saturated heterocycles. The summed E-state index contributed by atoms with van der Waals surface area (Å²) >= 11 is 0. The van der Waals surface area contributed by atoms with Gasteiger partial charge >= 0.3 is 5.97 Å². The predicted octanol–water partition coefficient (Wildman–Crippen LogP) is 7.00. The van der Waals surface area contributed by atoms with E-state index in [1.807, 2.05) is 71.6 Å². The highest BCUT2D eigenvalue weighted by Gasteiger charge is 2.37. The van der Waals surface area contributed by atoms with Crippen LogP contribution in [0.3, 0.4) is 0 Å². The van der Waals surface area contributed by atoms with Crippen LogP contribution in [0, 0.1) is 0 Å². The molecule has 2 amide bonds. The van der Waals surface area contributed by atoms with E-state index in [1.165, 1.54) is 7.11 Å². The van der Waals surface area contributed by atoms with E-state index < -0.39 is 12.0 Å². The van der Waals surface area contributed by atoms with Crippen molar-refractivity contribution >= 4 is 17.8 Å². The number of ether oxygens (including phenoxy) is 1. The maximum atomic E-state index is 13.1. The Morgan fingerprint density at radius 1 is 0.804 bits per heavy atom. The highest BCUT2D eigenvalue weighted by Crippen LogP contribution is 2.28. The number of rotatable bonds is 16. The Morgan fingerprint density at radius 3 is 1.93 bits per heavy atom. The smallest absolute Gasteiger partial charge is 0.328 e. The monoisotopic (exact) mass is 630 g/mol. The molecular formula is C38H50N2O6. The second-order valence-electron chi connectivity index (χ2n) is 12.6. The van der Waals surface area contributed by atoms with Gasteiger partial charge in [-0.1, -0.05) is 73.5 Å². The number of unbranched alkanes of at least 4 members (excludes halogenated alkanes) is 2. The van der Waals surface area contributed by atoms with Crippen molar-refractivity contribution in [3.8, 4) is 0 Å². The van der Waals surface area contributed by atoms with Gasteiger partial charge in [-0.3, -0.25) is 9.59 Å². The summed E-state index contributed by atoms with van der Waals surface area (Å²) in [5.41, 5.74) is 2.06. The van der Waals surface area contributed by atoms with Crippen molar-refractivity contribution in [2.45, 2.75) is 108 Å². The predicted molar refractivity (Wildman–Crippen MR) is 179 cm³/mol. The Balaban J connectivity index is 1.30. The number of allylic oxidation sites excluding steroid dienone is 2. The van der Waals surface area contributed by atoms with Crippen molar-refractivity contribution in [2.75, 3.05) is 13.7 Å². The van der Waals surface area contributed by atoms with Crippen LogP contribution in [0.15, 0.2) is 84.3 Å². The second-order valence-corrected chi connectivity index (χ2v) is 12.6. The number of hydrogen-bond acceptors (Lipinski definition) is 6. The second kappa shape index (κ2) is 18.2. The summed E-state index contributed by atoms with van der Waals surface area (Å²) in [7, 11) is 1.36. The minimum absolute atomic E-state index is 0.0482. The zero-order chi connectivity index (χ0) is 32.7. The number of aliphatic hydroxyl groups excluding tert-OH is 2. The molecule has 8 nitrogen and oxygen atoms in total. The molecule has 0 radical (unpaired) electrons. The Hall–Kier alpha value is -4.07. The first-order valence-corrected chi connectivity index (χ1v) is 16.9. The van der Waals surface area contributed by atoms with Crippen LogP contribution in [-0.2, 0) is 32.0 Å². The van der Waals surface area contributed by atoms with Crippen LogP contribution in [0.5, 0.6) is 0 Å². The van der Waals surface area contributed by atoms with Gasteiger partial charge in [0.05, 0.1) is 18.6 Å². The van der Waals surface area contributed by atoms with Gasteiger partial charge in [-0.25, -0.2) is 4.79 Å². The molecule has 3 atom stereocenters. The summed E-state index contributed by atoms with van der Waals surface area (Å²) in [5.74, 6) is 0.278. The fourth-order valence-corrected chi connectivity index (χ4v) is 6.77. The fourth-order valence-electron chi connectivity index (χ4n) is 6.77. The van der Waals surface area contributed by atoms with E-state index in [9.17, 15) is 24.6 Å². The molecular weight excluding hydrogens is 580 g/mol. The summed E-state index contributed by atoms with van der Waals surface area (Å²) in [5, 5.41) is 21.1. The molecule has 2 aliphatic rings. The van der Waals surface area contributed by atoms with Gasteiger partial charge in [0.2, 0.25) is 11.8 Å². The number of amides is 2. The molecule has 2 aliphatic heterocycles. The van der Waals surface area contributed by atoms with Crippen molar-refractivity contribution in [1.29, 1.82) is 0 Å². The van der Waals surface area contributed by atoms with Crippen LogP contribution in [0.4, 0.5) is 0 Å². The quantitative estimate of drug-likeness (QED) is 0.118. The van der Waals surface area contributed by atoms with E-state index >= 15 is 0 Å². The molecule has 8 heteroatoms. The van der Waals surface area contributed by atoms with Crippen LogP contribution < -0.4 is 0 Å². The zero-order valence-electron chi connectivity index (χ0n) is 27.2. The molecule has 0 aromatic heterocycles. The Bertz CT molecular complexity index is 1330. The SMILES string of the molecule is COC(=O)C(CCCCCN1C(=O)CCCC1C/C=C(\O)Cc1ccccc1)N1C(=O)CCCC1C/C=C(\O)Cc1ccccc1. The van der Waals surface area contributed by atoms with Gasteiger partial charge in [-0.05, 0) is 74.6 Å². The molecule has 4 rings (SSSR count).